The van der Waals surface area contributed by atoms with E-state index < -0.39 is 5.91 Å². The second-order valence-electron chi connectivity index (χ2n) is 4.26. The largest absolute Gasteiger partial charge is 0.308 e. The minimum Gasteiger partial charge on any atom is -0.308 e. The third kappa shape index (κ3) is 3.12. The molecule has 0 aliphatic rings. The lowest BCUT2D eigenvalue weighted by Gasteiger charge is -2.08. The van der Waals surface area contributed by atoms with Crippen molar-refractivity contribution in [3.63, 3.8) is 0 Å². The van der Waals surface area contributed by atoms with Crippen LogP contribution in [0.2, 0.25) is 0 Å². The van der Waals surface area contributed by atoms with E-state index in [1.165, 1.54) is 4.57 Å². The smallest absolute Gasteiger partial charge is 0.283 e. The zero-order valence-electron chi connectivity index (χ0n) is 10.8. The van der Waals surface area contributed by atoms with Gasteiger partial charge in [0.2, 0.25) is 0 Å². The molecule has 0 saturated heterocycles. The number of hydrogen-bond donors (Lipinski definition) is 2. The Morgan fingerprint density at radius 2 is 2.25 bits per heavy atom. The number of carbonyl (C=O) groups is 1. The molecule has 2 rings (SSSR count). The fraction of sp³-hybridized carbons (Fsp3) is 0.154. The standard InChI is InChI=1S/C13H13BrN4O2/c1-8-5-9(14)6-18(13(8)20)7-10-3-2-4-11(16-10)12(19)17-15/h2-6H,7,15H2,1H3,(H,17,19). The molecule has 0 unspecified atom stereocenters. The molecule has 104 valence electrons. The predicted octanol–water partition coefficient (Wildman–Crippen LogP) is 0.966. The van der Waals surface area contributed by atoms with Gasteiger partial charge in [-0.05, 0) is 41.1 Å². The average Bonchev–Trinajstić information content (AvgIpc) is 2.43. The first-order chi connectivity index (χ1) is 9.51. The number of aromatic nitrogens is 2. The molecule has 2 aromatic rings. The Balaban J connectivity index is 2.36. The van der Waals surface area contributed by atoms with Crippen LogP contribution in [0.25, 0.3) is 0 Å². The van der Waals surface area contributed by atoms with Crippen LogP contribution in [0.1, 0.15) is 21.7 Å². The number of aryl methyl sites for hydroxylation is 1. The lowest BCUT2D eigenvalue weighted by molar-refractivity contribution is 0.0948. The molecule has 0 aliphatic heterocycles. The SMILES string of the molecule is Cc1cc(Br)cn(Cc2cccc(C(=O)NN)n2)c1=O. The van der Waals surface area contributed by atoms with Crippen molar-refractivity contribution < 1.29 is 4.79 Å². The molecule has 0 radical (unpaired) electrons. The van der Waals surface area contributed by atoms with Gasteiger partial charge in [0.15, 0.2) is 0 Å². The van der Waals surface area contributed by atoms with E-state index in [2.05, 4.69) is 20.9 Å². The van der Waals surface area contributed by atoms with Crippen molar-refractivity contribution in [3.05, 3.63) is 62.2 Å². The normalized spacial score (nSPS) is 10.3. The van der Waals surface area contributed by atoms with Gasteiger partial charge >= 0.3 is 0 Å². The molecule has 0 aromatic carbocycles. The number of amides is 1. The Bertz CT molecular complexity index is 712. The first-order valence-electron chi connectivity index (χ1n) is 5.84. The summed E-state index contributed by atoms with van der Waals surface area (Å²) in [4.78, 5) is 27.6. The Labute approximate surface area is 123 Å². The van der Waals surface area contributed by atoms with Crippen molar-refractivity contribution in [2.24, 2.45) is 5.84 Å². The van der Waals surface area contributed by atoms with Crippen molar-refractivity contribution in [1.82, 2.24) is 15.0 Å². The molecule has 2 heterocycles. The molecule has 6 nitrogen and oxygen atoms in total. The minimum atomic E-state index is -0.468. The fourth-order valence-electron chi connectivity index (χ4n) is 1.80. The van der Waals surface area contributed by atoms with Crippen LogP contribution in [0.5, 0.6) is 0 Å². The lowest BCUT2D eigenvalue weighted by atomic mass is 10.2. The van der Waals surface area contributed by atoms with Crippen LogP contribution in [-0.2, 0) is 6.54 Å². The summed E-state index contributed by atoms with van der Waals surface area (Å²) in [5.74, 6) is 4.60. The Hall–Kier alpha value is -1.99. The van der Waals surface area contributed by atoms with Crippen LogP contribution in [0.4, 0.5) is 0 Å². The summed E-state index contributed by atoms with van der Waals surface area (Å²) in [5.41, 5.74) is 3.38. The fourth-order valence-corrected chi connectivity index (χ4v) is 2.39. The van der Waals surface area contributed by atoms with Gasteiger partial charge in [-0.3, -0.25) is 15.0 Å². The van der Waals surface area contributed by atoms with Gasteiger partial charge in [-0.1, -0.05) is 6.07 Å². The van der Waals surface area contributed by atoms with Crippen LogP contribution in [0.3, 0.4) is 0 Å². The molecule has 0 fully saturated rings. The van der Waals surface area contributed by atoms with Gasteiger partial charge in [-0.2, -0.15) is 0 Å². The molecular formula is C13H13BrN4O2. The van der Waals surface area contributed by atoms with E-state index in [0.717, 1.165) is 4.47 Å². The molecule has 0 atom stereocenters. The maximum Gasteiger partial charge on any atom is 0.283 e. The minimum absolute atomic E-state index is 0.0938. The van der Waals surface area contributed by atoms with Gasteiger partial charge in [0, 0.05) is 16.2 Å². The lowest BCUT2D eigenvalue weighted by Crippen LogP contribution is -2.31. The highest BCUT2D eigenvalue weighted by atomic mass is 79.9. The van der Waals surface area contributed by atoms with Gasteiger partial charge in [0.25, 0.3) is 11.5 Å². The number of nitrogens with one attached hydrogen (secondary N) is 1. The predicted molar refractivity (Wildman–Crippen MR) is 78.1 cm³/mol. The first-order valence-corrected chi connectivity index (χ1v) is 6.64. The first kappa shape index (κ1) is 14.4. The number of nitrogens with zero attached hydrogens (tertiary/aromatic N) is 2. The van der Waals surface area contributed by atoms with E-state index in [0.29, 0.717) is 11.3 Å². The molecule has 1 amide bonds. The topological polar surface area (TPSA) is 90.0 Å². The van der Waals surface area contributed by atoms with Crippen LogP contribution in [-0.4, -0.2) is 15.5 Å². The van der Waals surface area contributed by atoms with Gasteiger partial charge in [-0.15, -0.1) is 0 Å². The van der Waals surface area contributed by atoms with E-state index in [1.807, 2.05) is 5.43 Å². The summed E-state index contributed by atoms with van der Waals surface area (Å²) in [5, 5.41) is 0. The maximum atomic E-state index is 12.0. The van der Waals surface area contributed by atoms with Crippen LogP contribution in [0, 0.1) is 6.92 Å². The van der Waals surface area contributed by atoms with E-state index in [1.54, 1.807) is 37.4 Å². The summed E-state index contributed by atoms with van der Waals surface area (Å²) in [7, 11) is 0. The molecule has 0 aliphatic carbocycles. The summed E-state index contributed by atoms with van der Waals surface area (Å²) in [6, 6.07) is 6.75. The van der Waals surface area contributed by atoms with Crippen molar-refractivity contribution in [2.75, 3.05) is 0 Å². The van der Waals surface area contributed by atoms with Gasteiger partial charge in [0.05, 0.1) is 12.2 Å². The van der Waals surface area contributed by atoms with Crippen LogP contribution in [0.15, 0.2) is 39.7 Å². The number of carbonyl (C=O) groups excluding carboxylic acids is 1. The van der Waals surface area contributed by atoms with Crippen molar-refractivity contribution in [2.45, 2.75) is 13.5 Å². The van der Waals surface area contributed by atoms with Crippen LogP contribution >= 0.6 is 15.9 Å². The second-order valence-corrected chi connectivity index (χ2v) is 5.18. The van der Waals surface area contributed by atoms with Gasteiger partial charge < -0.3 is 4.57 Å². The molecule has 7 heteroatoms. The summed E-state index contributed by atoms with van der Waals surface area (Å²) in [6.07, 6.45) is 1.69. The van der Waals surface area contributed by atoms with Crippen molar-refractivity contribution in [1.29, 1.82) is 0 Å². The molecule has 0 bridgehead atoms. The highest BCUT2D eigenvalue weighted by Gasteiger charge is 2.08. The second kappa shape index (κ2) is 5.98. The van der Waals surface area contributed by atoms with Gasteiger partial charge in [-0.25, -0.2) is 10.8 Å². The molecule has 0 spiro atoms. The number of rotatable bonds is 3. The maximum absolute atomic E-state index is 12.0. The molecule has 3 N–H and O–H groups in total. The number of pyridine rings is 2. The highest BCUT2D eigenvalue weighted by molar-refractivity contribution is 9.10. The van der Waals surface area contributed by atoms with E-state index >= 15 is 0 Å². The zero-order chi connectivity index (χ0) is 14.7. The van der Waals surface area contributed by atoms with Gasteiger partial charge in [0.1, 0.15) is 5.69 Å². The number of nitrogens with two attached hydrogens (primary N) is 1. The highest BCUT2D eigenvalue weighted by Crippen LogP contribution is 2.09. The van der Waals surface area contributed by atoms with Crippen molar-refractivity contribution >= 4 is 21.8 Å². The van der Waals surface area contributed by atoms with Crippen molar-refractivity contribution in [3.8, 4) is 0 Å². The van der Waals surface area contributed by atoms with E-state index in [-0.39, 0.29) is 17.8 Å². The van der Waals surface area contributed by atoms with E-state index in [4.69, 9.17) is 5.84 Å². The molecule has 20 heavy (non-hydrogen) atoms. The van der Waals surface area contributed by atoms with E-state index in [9.17, 15) is 9.59 Å². The molecule has 0 saturated carbocycles. The Morgan fingerprint density at radius 3 is 2.95 bits per heavy atom. The monoisotopic (exact) mass is 336 g/mol. The molecule has 2 aromatic heterocycles. The quantitative estimate of drug-likeness (QED) is 0.496. The Kier molecular flexibility index (Phi) is 4.31. The number of hydrogen-bond acceptors (Lipinski definition) is 4. The third-order valence-electron chi connectivity index (χ3n) is 2.73. The summed E-state index contributed by atoms with van der Waals surface area (Å²) < 4.78 is 2.34. The summed E-state index contributed by atoms with van der Waals surface area (Å²) >= 11 is 3.35. The number of halogens is 1. The Morgan fingerprint density at radius 1 is 1.50 bits per heavy atom. The summed E-state index contributed by atoms with van der Waals surface area (Å²) in [6.45, 7) is 2.03. The zero-order valence-corrected chi connectivity index (χ0v) is 12.3. The molecular weight excluding hydrogens is 324 g/mol. The third-order valence-corrected chi connectivity index (χ3v) is 3.17. The number of hydrazine groups is 1. The number of nitrogen functional groups attached to an aromatic ring is 1. The average molecular weight is 337 g/mol. The van der Waals surface area contributed by atoms with Crippen LogP contribution < -0.4 is 16.8 Å².